The van der Waals surface area contributed by atoms with Gasteiger partial charge in [-0.05, 0) is 36.2 Å². The molecule has 1 fully saturated rings. The summed E-state index contributed by atoms with van der Waals surface area (Å²) in [6.07, 6.45) is 4.26. The average molecular weight is 713 g/mol. The first-order valence-corrected chi connectivity index (χ1v) is 18.1. The molecule has 1 saturated heterocycles. The van der Waals surface area contributed by atoms with Gasteiger partial charge in [-0.2, -0.15) is 0 Å². The van der Waals surface area contributed by atoms with Crippen molar-refractivity contribution in [1.82, 2.24) is 29.1 Å². The van der Waals surface area contributed by atoms with Crippen LogP contribution in [0.2, 0.25) is 0 Å². The highest BCUT2D eigenvalue weighted by Crippen LogP contribution is 2.33. The first-order valence-electron chi connectivity index (χ1n) is 18.1. The van der Waals surface area contributed by atoms with Gasteiger partial charge in [-0.1, -0.05) is 78.9 Å². The molecule has 0 bridgehead atoms. The van der Waals surface area contributed by atoms with Gasteiger partial charge >= 0.3 is 6.09 Å². The lowest BCUT2D eigenvalue weighted by Crippen LogP contribution is -2.43. The Morgan fingerprint density at radius 3 is 2.19 bits per heavy atom. The Morgan fingerprint density at radius 1 is 0.811 bits per heavy atom. The van der Waals surface area contributed by atoms with E-state index in [1.807, 2.05) is 66.7 Å². The van der Waals surface area contributed by atoms with Crippen LogP contribution in [-0.4, -0.2) is 99.2 Å². The zero-order chi connectivity index (χ0) is 36.6. The number of rotatable bonds is 14. The van der Waals surface area contributed by atoms with E-state index in [1.165, 1.54) is 4.90 Å². The Kier molecular flexibility index (Phi) is 11.2. The number of morpholine rings is 1. The fourth-order valence-corrected chi connectivity index (χ4v) is 7.03. The molecular formula is C42H44N6O5. The largest absolute Gasteiger partial charge is 0.469 e. The number of fused-ring (bicyclic) bond motifs is 1. The van der Waals surface area contributed by atoms with Gasteiger partial charge in [0.05, 0.1) is 54.7 Å². The molecule has 1 N–H and O–H groups in total. The molecule has 53 heavy (non-hydrogen) atoms. The second-order valence-electron chi connectivity index (χ2n) is 13.3. The summed E-state index contributed by atoms with van der Waals surface area (Å²) in [4.78, 5) is 41.6. The third kappa shape index (κ3) is 8.48. The van der Waals surface area contributed by atoms with Crippen LogP contribution in [0, 0.1) is 0 Å². The van der Waals surface area contributed by atoms with E-state index in [1.54, 1.807) is 30.3 Å². The van der Waals surface area contributed by atoms with Crippen molar-refractivity contribution < 1.29 is 23.8 Å². The van der Waals surface area contributed by atoms with Crippen molar-refractivity contribution in [2.45, 2.75) is 25.3 Å². The molecule has 0 radical (unpaired) electrons. The number of carbonyl (C=O) groups is 2. The van der Waals surface area contributed by atoms with Crippen molar-refractivity contribution >= 4 is 17.6 Å². The second-order valence-corrected chi connectivity index (χ2v) is 13.3. The van der Waals surface area contributed by atoms with Crippen molar-refractivity contribution in [2.75, 3.05) is 53.0 Å². The van der Waals surface area contributed by atoms with E-state index in [9.17, 15) is 14.7 Å². The molecule has 6 aromatic rings. The summed E-state index contributed by atoms with van der Waals surface area (Å²) in [5.41, 5.74) is 6.96. The molecule has 0 saturated carbocycles. The minimum absolute atomic E-state index is 0.149. The third-order valence-corrected chi connectivity index (χ3v) is 9.81. The number of ether oxygens (including phenoxy) is 1. The number of carbonyl (C=O) groups excluding carboxylic acids is 1. The van der Waals surface area contributed by atoms with Gasteiger partial charge in [0.1, 0.15) is 5.76 Å². The maximum absolute atomic E-state index is 13.0. The molecule has 1 unspecified atom stereocenters. The van der Waals surface area contributed by atoms with E-state index in [0.717, 1.165) is 45.3 Å². The standard InChI is InChI=1S/C42H44N6O5/c1-45(41(49)33-16-9-4-10-17-33)21-22-47(42(50)51)20-19-38(46-23-26-52-27-24-46)39-35(29-34-18-11-25-53-34)44-40-36(28-31-12-5-2-6-13-31)43-37(30-48(39)40)32-14-7-3-8-15-32/h2-18,25,30,38H,19-24,26-29H2,1H3,(H,50,51). The van der Waals surface area contributed by atoms with Crippen molar-refractivity contribution in [3.05, 3.63) is 150 Å². The third-order valence-electron chi connectivity index (χ3n) is 9.81. The van der Waals surface area contributed by atoms with Crippen LogP contribution in [0.25, 0.3) is 16.9 Å². The van der Waals surface area contributed by atoms with Crippen molar-refractivity contribution in [1.29, 1.82) is 0 Å². The van der Waals surface area contributed by atoms with E-state index in [4.69, 9.17) is 19.1 Å². The number of imidazole rings is 1. The van der Waals surface area contributed by atoms with Gasteiger partial charge in [0.15, 0.2) is 5.65 Å². The molecule has 1 atom stereocenters. The maximum Gasteiger partial charge on any atom is 0.407 e. The second kappa shape index (κ2) is 16.7. The summed E-state index contributed by atoms with van der Waals surface area (Å²) in [7, 11) is 1.70. The molecule has 3 aromatic heterocycles. The van der Waals surface area contributed by atoms with Crippen LogP contribution in [-0.2, 0) is 17.6 Å². The Labute approximate surface area is 309 Å². The van der Waals surface area contributed by atoms with Gasteiger partial charge in [0.25, 0.3) is 5.91 Å². The lowest BCUT2D eigenvalue weighted by Gasteiger charge is -2.36. The van der Waals surface area contributed by atoms with Crippen LogP contribution in [0.5, 0.6) is 0 Å². The number of carboxylic acid groups (broad SMARTS) is 1. The van der Waals surface area contributed by atoms with Crippen LogP contribution in [0.15, 0.2) is 120 Å². The van der Waals surface area contributed by atoms with Crippen molar-refractivity contribution in [3.8, 4) is 11.3 Å². The van der Waals surface area contributed by atoms with Crippen molar-refractivity contribution in [2.24, 2.45) is 0 Å². The molecule has 11 nitrogen and oxygen atoms in total. The molecule has 0 spiro atoms. The summed E-state index contributed by atoms with van der Waals surface area (Å²) in [5.74, 6) is 0.638. The molecule has 3 aromatic carbocycles. The quantitative estimate of drug-likeness (QED) is 0.133. The Hall–Kier alpha value is -5.78. The molecule has 1 aliphatic heterocycles. The fraction of sp³-hybridized carbons (Fsp3) is 0.286. The van der Waals surface area contributed by atoms with E-state index in [-0.39, 0.29) is 31.6 Å². The molecule has 272 valence electrons. The number of nitrogens with zero attached hydrogens (tertiary/aromatic N) is 6. The molecule has 2 amide bonds. The smallest absolute Gasteiger partial charge is 0.407 e. The van der Waals surface area contributed by atoms with Gasteiger partial charge in [-0.3, -0.25) is 14.1 Å². The van der Waals surface area contributed by atoms with E-state index in [2.05, 4.69) is 39.8 Å². The first-order chi connectivity index (χ1) is 25.9. The lowest BCUT2D eigenvalue weighted by molar-refractivity contribution is 0.0108. The van der Waals surface area contributed by atoms with Gasteiger partial charge in [0.2, 0.25) is 0 Å². The van der Waals surface area contributed by atoms with Crippen LogP contribution in [0.1, 0.15) is 51.2 Å². The predicted octanol–water partition coefficient (Wildman–Crippen LogP) is 6.69. The number of furan rings is 1. The van der Waals surface area contributed by atoms with E-state index < -0.39 is 6.09 Å². The summed E-state index contributed by atoms with van der Waals surface area (Å²) in [6, 6.07) is 33.1. The zero-order valence-electron chi connectivity index (χ0n) is 29.9. The molecular weight excluding hydrogens is 668 g/mol. The fourth-order valence-electron chi connectivity index (χ4n) is 7.03. The van der Waals surface area contributed by atoms with Gasteiger partial charge < -0.3 is 24.1 Å². The van der Waals surface area contributed by atoms with Crippen LogP contribution >= 0.6 is 0 Å². The van der Waals surface area contributed by atoms with Crippen LogP contribution in [0.3, 0.4) is 0 Å². The monoisotopic (exact) mass is 712 g/mol. The normalized spacial score (nSPS) is 13.9. The summed E-state index contributed by atoms with van der Waals surface area (Å²) in [5, 5.41) is 10.4. The number of hydrogen-bond donors (Lipinski definition) is 1. The van der Waals surface area contributed by atoms with E-state index in [0.29, 0.717) is 51.1 Å². The number of aromatic nitrogens is 3. The topological polar surface area (TPSA) is 117 Å². The maximum atomic E-state index is 13.0. The highest BCUT2D eigenvalue weighted by Gasteiger charge is 2.31. The van der Waals surface area contributed by atoms with Gasteiger partial charge in [-0.15, -0.1) is 0 Å². The predicted molar refractivity (Wildman–Crippen MR) is 202 cm³/mol. The molecule has 7 rings (SSSR count). The minimum atomic E-state index is -1.03. The highest BCUT2D eigenvalue weighted by atomic mass is 16.5. The minimum Gasteiger partial charge on any atom is -0.469 e. The Morgan fingerprint density at radius 2 is 1.51 bits per heavy atom. The molecule has 0 aliphatic carbocycles. The SMILES string of the molecule is CN(CCN(CCC(c1c(Cc2ccco2)nc2c(Cc3ccccc3)nc(-c3ccccc3)cn12)N1CCOCC1)C(=O)O)C(=O)c1ccccc1. The number of benzene rings is 3. The Bertz CT molecular complexity index is 2100. The van der Waals surface area contributed by atoms with Crippen LogP contribution in [0.4, 0.5) is 4.79 Å². The van der Waals surface area contributed by atoms with Gasteiger partial charge in [0, 0.05) is 63.5 Å². The molecule has 1 aliphatic rings. The number of hydrogen-bond acceptors (Lipinski definition) is 7. The average Bonchev–Trinajstić information content (AvgIpc) is 3.85. The van der Waals surface area contributed by atoms with Crippen molar-refractivity contribution in [3.63, 3.8) is 0 Å². The summed E-state index contributed by atoms with van der Waals surface area (Å²) in [6.45, 7) is 3.22. The highest BCUT2D eigenvalue weighted by molar-refractivity contribution is 5.94. The number of likely N-dealkylation sites (N-methyl/N-ethyl adjacent to an activating group) is 1. The van der Waals surface area contributed by atoms with Crippen LogP contribution < -0.4 is 0 Å². The molecule has 11 heteroatoms. The number of amides is 2. The first kappa shape index (κ1) is 35.6. The molecule has 4 heterocycles. The van der Waals surface area contributed by atoms with E-state index >= 15 is 0 Å². The zero-order valence-corrected chi connectivity index (χ0v) is 29.9. The lowest BCUT2D eigenvalue weighted by atomic mass is 10.0. The Balaban J connectivity index is 1.28. The van der Waals surface area contributed by atoms with Gasteiger partial charge in [-0.25, -0.2) is 14.8 Å². The summed E-state index contributed by atoms with van der Waals surface area (Å²) < 4.78 is 13.8. The summed E-state index contributed by atoms with van der Waals surface area (Å²) >= 11 is 0.